The molecule has 1 rings (SSSR count). The summed E-state index contributed by atoms with van der Waals surface area (Å²) in [7, 11) is 1.64. The summed E-state index contributed by atoms with van der Waals surface area (Å²) in [6, 6.07) is 7.98. The molecule has 18 heavy (non-hydrogen) atoms. The SMILES string of the molecule is CCC(C)NC(=O)C(C)Sc1ccc(OC)cc1. The lowest BCUT2D eigenvalue weighted by atomic mass is 10.2. The second kappa shape index (κ2) is 7.31. The zero-order valence-corrected chi connectivity index (χ0v) is 12.2. The number of ether oxygens (including phenoxy) is 1. The molecule has 1 amide bonds. The van der Waals surface area contributed by atoms with E-state index in [1.807, 2.05) is 38.1 Å². The van der Waals surface area contributed by atoms with Crippen LogP contribution in [0.2, 0.25) is 0 Å². The lowest BCUT2D eigenvalue weighted by Gasteiger charge is -2.16. The summed E-state index contributed by atoms with van der Waals surface area (Å²) in [6.07, 6.45) is 0.950. The quantitative estimate of drug-likeness (QED) is 0.805. The first-order valence-electron chi connectivity index (χ1n) is 6.18. The number of methoxy groups -OCH3 is 1. The lowest BCUT2D eigenvalue weighted by Crippen LogP contribution is -2.37. The topological polar surface area (TPSA) is 38.3 Å². The molecule has 0 spiro atoms. The number of thioether (sulfide) groups is 1. The standard InChI is InChI=1S/C14H21NO2S/c1-5-10(2)15-14(16)11(3)18-13-8-6-12(17-4)7-9-13/h6-11H,5H2,1-4H3,(H,15,16). The first-order chi connectivity index (χ1) is 8.56. The van der Waals surface area contributed by atoms with Crippen molar-refractivity contribution in [2.24, 2.45) is 0 Å². The number of hydrogen-bond acceptors (Lipinski definition) is 3. The van der Waals surface area contributed by atoms with Crippen molar-refractivity contribution < 1.29 is 9.53 Å². The minimum absolute atomic E-state index is 0.0881. The Balaban J connectivity index is 2.52. The fourth-order valence-corrected chi connectivity index (χ4v) is 2.25. The third kappa shape index (κ3) is 4.61. The van der Waals surface area contributed by atoms with E-state index in [4.69, 9.17) is 4.74 Å². The second-order valence-corrected chi connectivity index (χ2v) is 5.67. The van der Waals surface area contributed by atoms with Gasteiger partial charge in [-0.25, -0.2) is 0 Å². The lowest BCUT2D eigenvalue weighted by molar-refractivity contribution is -0.120. The van der Waals surface area contributed by atoms with Crippen LogP contribution >= 0.6 is 11.8 Å². The van der Waals surface area contributed by atoms with Crippen LogP contribution in [0.3, 0.4) is 0 Å². The van der Waals surface area contributed by atoms with Gasteiger partial charge >= 0.3 is 0 Å². The summed E-state index contributed by atoms with van der Waals surface area (Å²) < 4.78 is 5.10. The fraction of sp³-hybridized carbons (Fsp3) is 0.500. The second-order valence-electron chi connectivity index (χ2n) is 4.25. The Kier molecular flexibility index (Phi) is 6.05. The molecule has 0 saturated carbocycles. The Morgan fingerprint density at radius 1 is 1.33 bits per heavy atom. The fourth-order valence-electron chi connectivity index (χ4n) is 1.37. The highest BCUT2D eigenvalue weighted by atomic mass is 32.2. The Hall–Kier alpha value is -1.16. The molecule has 0 aromatic heterocycles. The van der Waals surface area contributed by atoms with Crippen molar-refractivity contribution in [2.45, 2.75) is 43.4 Å². The third-order valence-electron chi connectivity index (χ3n) is 2.74. The molecule has 1 N–H and O–H groups in total. The van der Waals surface area contributed by atoms with Gasteiger partial charge in [0.25, 0.3) is 0 Å². The average molecular weight is 267 g/mol. The normalized spacial score (nSPS) is 13.8. The molecule has 0 fully saturated rings. The maximum Gasteiger partial charge on any atom is 0.233 e. The van der Waals surface area contributed by atoms with E-state index in [9.17, 15) is 4.79 Å². The van der Waals surface area contributed by atoms with Crippen LogP contribution < -0.4 is 10.1 Å². The highest BCUT2D eigenvalue weighted by Gasteiger charge is 2.15. The molecule has 0 aliphatic heterocycles. The molecular formula is C14H21NO2S. The molecule has 1 aromatic carbocycles. The van der Waals surface area contributed by atoms with Gasteiger partial charge in [0, 0.05) is 10.9 Å². The van der Waals surface area contributed by atoms with E-state index in [0.29, 0.717) is 0 Å². The van der Waals surface area contributed by atoms with Crippen LogP contribution in [-0.4, -0.2) is 24.3 Å². The van der Waals surface area contributed by atoms with Crippen LogP contribution in [0.5, 0.6) is 5.75 Å². The summed E-state index contributed by atoms with van der Waals surface area (Å²) in [5.74, 6) is 0.918. The van der Waals surface area contributed by atoms with Crippen molar-refractivity contribution in [2.75, 3.05) is 7.11 Å². The predicted molar refractivity (Wildman–Crippen MR) is 76.2 cm³/mol. The molecule has 2 unspecified atom stereocenters. The van der Waals surface area contributed by atoms with Gasteiger partial charge in [0.05, 0.1) is 12.4 Å². The predicted octanol–water partition coefficient (Wildman–Crippen LogP) is 3.09. The van der Waals surface area contributed by atoms with E-state index in [0.717, 1.165) is 17.1 Å². The first-order valence-corrected chi connectivity index (χ1v) is 7.05. The third-order valence-corrected chi connectivity index (χ3v) is 3.85. The summed E-state index contributed by atoms with van der Waals surface area (Å²) in [5.41, 5.74) is 0. The Morgan fingerprint density at radius 3 is 2.44 bits per heavy atom. The number of benzene rings is 1. The zero-order chi connectivity index (χ0) is 13.5. The molecule has 0 aliphatic carbocycles. The maximum atomic E-state index is 11.9. The number of nitrogens with one attached hydrogen (secondary N) is 1. The molecular weight excluding hydrogens is 246 g/mol. The van der Waals surface area contributed by atoms with Crippen molar-refractivity contribution >= 4 is 17.7 Å². The van der Waals surface area contributed by atoms with E-state index in [1.54, 1.807) is 18.9 Å². The van der Waals surface area contributed by atoms with Crippen molar-refractivity contribution in [3.05, 3.63) is 24.3 Å². The molecule has 3 nitrogen and oxygen atoms in total. The van der Waals surface area contributed by atoms with E-state index < -0.39 is 0 Å². The minimum Gasteiger partial charge on any atom is -0.497 e. The van der Waals surface area contributed by atoms with Gasteiger partial charge in [0.15, 0.2) is 0 Å². The smallest absolute Gasteiger partial charge is 0.233 e. The van der Waals surface area contributed by atoms with Crippen LogP contribution in [0.25, 0.3) is 0 Å². The highest BCUT2D eigenvalue weighted by molar-refractivity contribution is 8.00. The van der Waals surface area contributed by atoms with Gasteiger partial charge in [-0.05, 0) is 44.5 Å². The first kappa shape index (κ1) is 14.9. The molecule has 0 heterocycles. The van der Waals surface area contributed by atoms with Crippen LogP contribution in [-0.2, 0) is 4.79 Å². The Bertz CT molecular complexity index is 378. The van der Waals surface area contributed by atoms with Crippen molar-refractivity contribution in [1.82, 2.24) is 5.32 Å². The number of amides is 1. The van der Waals surface area contributed by atoms with Crippen LogP contribution in [0.1, 0.15) is 27.2 Å². The van der Waals surface area contributed by atoms with Crippen molar-refractivity contribution in [3.8, 4) is 5.75 Å². The van der Waals surface area contributed by atoms with E-state index in [1.165, 1.54) is 0 Å². The van der Waals surface area contributed by atoms with E-state index in [-0.39, 0.29) is 17.2 Å². The van der Waals surface area contributed by atoms with E-state index in [2.05, 4.69) is 12.2 Å². The molecule has 4 heteroatoms. The monoisotopic (exact) mass is 267 g/mol. The van der Waals surface area contributed by atoms with Gasteiger partial charge in [-0.2, -0.15) is 0 Å². The van der Waals surface area contributed by atoms with Gasteiger partial charge in [-0.3, -0.25) is 4.79 Å². The Morgan fingerprint density at radius 2 is 1.94 bits per heavy atom. The summed E-state index contributed by atoms with van der Waals surface area (Å²) in [4.78, 5) is 13.0. The molecule has 0 aliphatic rings. The molecule has 0 bridgehead atoms. The largest absolute Gasteiger partial charge is 0.497 e. The molecule has 0 saturated heterocycles. The minimum atomic E-state index is -0.0904. The molecule has 1 aromatic rings. The molecule has 0 radical (unpaired) electrons. The number of hydrogen-bond donors (Lipinski definition) is 1. The molecule has 100 valence electrons. The van der Waals surface area contributed by atoms with E-state index >= 15 is 0 Å². The van der Waals surface area contributed by atoms with Gasteiger partial charge < -0.3 is 10.1 Å². The van der Waals surface area contributed by atoms with Crippen LogP contribution in [0, 0.1) is 0 Å². The summed E-state index contributed by atoms with van der Waals surface area (Å²) >= 11 is 1.56. The highest BCUT2D eigenvalue weighted by Crippen LogP contribution is 2.25. The molecule has 2 atom stereocenters. The van der Waals surface area contributed by atoms with Crippen molar-refractivity contribution in [3.63, 3.8) is 0 Å². The summed E-state index contributed by atoms with van der Waals surface area (Å²) in [6.45, 7) is 6.00. The maximum absolute atomic E-state index is 11.9. The number of carbonyl (C=O) groups excluding carboxylic acids is 1. The van der Waals surface area contributed by atoms with Crippen LogP contribution in [0.15, 0.2) is 29.2 Å². The van der Waals surface area contributed by atoms with Crippen molar-refractivity contribution in [1.29, 1.82) is 0 Å². The number of rotatable bonds is 6. The number of carbonyl (C=O) groups is 1. The van der Waals surface area contributed by atoms with Gasteiger partial charge in [-0.15, -0.1) is 11.8 Å². The Labute approximate surface area is 113 Å². The summed E-state index contributed by atoms with van der Waals surface area (Å²) in [5, 5.41) is 2.90. The average Bonchev–Trinajstić information content (AvgIpc) is 2.39. The van der Waals surface area contributed by atoms with Gasteiger partial charge in [0.2, 0.25) is 5.91 Å². The van der Waals surface area contributed by atoms with Gasteiger partial charge in [0.1, 0.15) is 5.75 Å². The zero-order valence-electron chi connectivity index (χ0n) is 11.4. The van der Waals surface area contributed by atoms with Gasteiger partial charge in [-0.1, -0.05) is 6.92 Å². The van der Waals surface area contributed by atoms with Crippen LogP contribution in [0.4, 0.5) is 0 Å².